The Balaban J connectivity index is 2.42. The molecular formula is C10H15O2S+. The van der Waals surface area contributed by atoms with Crippen molar-refractivity contribution in [3.63, 3.8) is 0 Å². The van der Waals surface area contributed by atoms with Crippen LogP contribution >= 0.6 is 0 Å². The number of hydrogen-bond donors (Lipinski definition) is 0. The van der Waals surface area contributed by atoms with Gasteiger partial charge in [0.1, 0.15) is 11.2 Å². The van der Waals surface area contributed by atoms with Crippen LogP contribution in [0.25, 0.3) is 0 Å². The third kappa shape index (κ3) is 0.912. The molecule has 2 nitrogen and oxygen atoms in total. The molecule has 0 saturated heterocycles. The molecule has 0 spiro atoms. The number of rotatable bonds is 2. The lowest BCUT2D eigenvalue weighted by Gasteiger charge is -2.30. The first-order valence-corrected chi connectivity index (χ1v) is 5.16. The van der Waals surface area contributed by atoms with Crippen LogP contribution in [0.2, 0.25) is 0 Å². The van der Waals surface area contributed by atoms with Crippen LogP contribution in [0.5, 0.6) is 0 Å². The van der Waals surface area contributed by atoms with E-state index in [1.54, 1.807) is 0 Å². The zero-order chi connectivity index (χ0) is 9.69. The number of hydrogen-bond acceptors (Lipinski definition) is 2. The van der Waals surface area contributed by atoms with Gasteiger partial charge in [0, 0.05) is 6.42 Å². The number of Topliss-reactive ketones (excluding diaryl/α,β-unsaturated/α-hetero) is 1. The summed E-state index contributed by atoms with van der Waals surface area (Å²) in [7, 11) is 0. The van der Waals surface area contributed by atoms with E-state index >= 15 is 0 Å². The van der Waals surface area contributed by atoms with Crippen LogP contribution < -0.4 is 0 Å². The lowest BCUT2D eigenvalue weighted by atomic mass is 9.69. The molecule has 2 unspecified atom stereocenters. The van der Waals surface area contributed by atoms with E-state index < -0.39 is 0 Å². The smallest absolute Gasteiger partial charge is 0.299 e. The van der Waals surface area contributed by atoms with Crippen LogP contribution in [0.3, 0.4) is 0 Å². The van der Waals surface area contributed by atoms with Crippen molar-refractivity contribution in [2.45, 2.75) is 33.1 Å². The van der Waals surface area contributed by atoms with E-state index in [0.717, 1.165) is 19.3 Å². The van der Waals surface area contributed by atoms with E-state index in [0.29, 0.717) is 18.3 Å². The Bertz CT molecular complexity index is 272. The SMILES string of the molecule is CC1(C)C2CCC1(C[O+]=S)C(=O)C2. The Kier molecular flexibility index (Phi) is 1.85. The van der Waals surface area contributed by atoms with Crippen LogP contribution in [0.1, 0.15) is 33.1 Å². The standard InChI is InChI=1S/C10H15O2S/c1-9(2)7-3-4-10(9,6-12-13)8(11)5-7/h7H,3-6H2,1-2H3/q+1. The van der Waals surface area contributed by atoms with Gasteiger partial charge in [-0.3, -0.25) is 4.79 Å². The average Bonchev–Trinajstić information content (AvgIpc) is 2.38. The van der Waals surface area contributed by atoms with E-state index in [1.165, 1.54) is 0 Å². The second-order valence-corrected chi connectivity index (χ2v) is 5.16. The van der Waals surface area contributed by atoms with Gasteiger partial charge in [-0.15, -0.1) is 0 Å². The Morgan fingerprint density at radius 1 is 1.62 bits per heavy atom. The molecule has 0 aromatic carbocycles. The van der Waals surface area contributed by atoms with Crippen LogP contribution in [-0.2, 0) is 21.2 Å². The molecule has 0 aromatic rings. The molecule has 0 radical (unpaired) electrons. The maximum atomic E-state index is 11.8. The molecule has 2 atom stereocenters. The van der Waals surface area contributed by atoms with Gasteiger partial charge >= 0.3 is 12.5 Å². The molecule has 3 heteroatoms. The highest BCUT2D eigenvalue weighted by atomic mass is 32.1. The van der Waals surface area contributed by atoms with Gasteiger partial charge in [-0.1, -0.05) is 13.8 Å². The molecule has 2 aliphatic rings. The van der Waals surface area contributed by atoms with Crippen molar-refractivity contribution in [3.8, 4) is 0 Å². The highest BCUT2D eigenvalue weighted by molar-refractivity contribution is 7.44. The van der Waals surface area contributed by atoms with Gasteiger partial charge < -0.3 is 0 Å². The van der Waals surface area contributed by atoms with Crippen molar-refractivity contribution in [1.82, 2.24) is 0 Å². The Morgan fingerprint density at radius 2 is 2.31 bits per heavy atom. The molecule has 2 fully saturated rings. The normalized spacial score (nSPS) is 41.1. The molecule has 13 heavy (non-hydrogen) atoms. The summed E-state index contributed by atoms with van der Waals surface area (Å²) in [5, 5.41) is 0. The summed E-state index contributed by atoms with van der Waals surface area (Å²) in [4.78, 5) is 11.8. The van der Waals surface area contributed by atoms with Gasteiger partial charge in [-0.2, -0.15) is 3.84 Å². The van der Waals surface area contributed by atoms with Gasteiger partial charge in [0.05, 0.1) is 0 Å². The lowest BCUT2D eigenvalue weighted by Crippen LogP contribution is -2.39. The number of carbonyl (C=O) groups is 1. The Morgan fingerprint density at radius 3 is 2.69 bits per heavy atom. The first-order chi connectivity index (χ1) is 6.04. The molecule has 72 valence electrons. The third-order valence-corrected chi connectivity index (χ3v) is 4.56. The van der Waals surface area contributed by atoms with Crippen molar-refractivity contribution >= 4 is 18.3 Å². The summed E-state index contributed by atoms with van der Waals surface area (Å²) in [6, 6.07) is 0. The molecule has 2 bridgehead atoms. The summed E-state index contributed by atoms with van der Waals surface area (Å²) in [6.07, 6.45) is 2.88. The van der Waals surface area contributed by atoms with Gasteiger partial charge in [-0.05, 0) is 24.2 Å². The predicted molar refractivity (Wildman–Crippen MR) is 51.5 cm³/mol. The fraction of sp³-hybridized carbons (Fsp3) is 0.900. The molecule has 0 amide bonds. The molecule has 2 saturated carbocycles. The summed E-state index contributed by atoms with van der Waals surface area (Å²) in [5.41, 5.74) is -0.150. The quantitative estimate of drug-likeness (QED) is 0.634. The zero-order valence-electron chi connectivity index (χ0n) is 8.13. The molecule has 0 aromatic heterocycles. The molecule has 2 rings (SSSR count). The summed E-state index contributed by atoms with van der Waals surface area (Å²) in [6.45, 7) is 4.80. The van der Waals surface area contributed by atoms with Gasteiger partial charge in [0.25, 0.3) is 6.61 Å². The van der Waals surface area contributed by atoms with Crippen LogP contribution in [0.4, 0.5) is 0 Å². The molecule has 0 N–H and O–H groups in total. The summed E-state index contributed by atoms with van der Waals surface area (Å²) in [5.74, 6) is 0.934. The van der Waals surface area contributed by atoms with E-state index in [9.17, 15) is 4.79 Å². The van der Waals surface area contributed by atoms with Gasteiger partial charge in [0.2, 0.25) is 0 Å². The van der Waals surface area contributed by atoms with Crippen molar-refractivity contribution in [2.24, 2.45) is 16.7 Å². The molecule has 0 aliphatic heterocycles. The first-order valence-electron chi connectivity index (χ1n) is 4.83. The topological polar surface area (TPSA) is 28.4 Å². The zero-order valence-corrected chi connectivity index (χ0v) is 8.95. The van der Waals surface area contributed by atoms with Crippen LogP contribution in [0, 0.1) is 16.7 Å². The van der Waals surface area contributed by atoms with Crippen molar-refractivity contribution in [3.05, 3.63) is 0 Å². The van der Waals surface area contributed by atoms with Crippen LogP contribution in [0.15, 0.2) is 0 Å². The van der Waals surface area contributed by atoms with E-state index in [1.807, 2.05) is 0 Å². The highest BCUT2D eigenvalue weighted by Gasteiger charge is 2.67. The molecule has 0 heterocycles. The minimum absolute atomic E-state index is 0.100. The minimum atomic E-state index is -0.251. The maximum absolute atomic E-state index is 11.8. The largest absolute Gasteiger partial charge is 0.471 e. The third-order valence-electron chi connectivity index (χ3n) is 4.44. The first kappa shape index (κ1) is 9.25. The second kappa shape index (κ2) is 2.59. The van der Waals surface area contributed by atoms with E-state index in [4.69, 9.17) is 3.84 Å². The van der Waals surface area contributed by atoms with Crippen LogP contribution in [-0.4, -0.2) is 12.4 Å². The number of fused-ring (bicyclic) bond motifs is 2. The van der Waals surface area contributed by atoms with Crippen molar-refractivity contribution in [1.29, 1.82) is 0 Å². The van der Waals surface area contributed by atoms with Crippen molar-refractivity contribution in [2.75, 3.05) is 6.61 Å². The minimum Gasteiger partial charge on any atom is -0.299 e. The van der Waals surface area contributed by atoms with Gasteiger partial charge in [0.15, 0.2) is 0 Å². The lowest BCUT2D eigenvalue weighted by molar-refractivity contribution is -0.135. The monoisotopic (exact) mass is 199 g/mol. The van der Waals surface area contributed by atoms with E-state index in [-0.39, 0.29) is 10.8 Å². The second-order valence-electron chi connectivity index (χ2n) is 4.93. The number of ketones is 1. The predicted octanol–water partition coefficient (Wildman–Crippen LogP) is 1.81. The maximum Gasteiger partial charge on any atom is 0.471 e. The highest BCUT2D eigenvalue weighted by Crippen LogP contribution is 2.63. The number of carbonyl (C=O) groups excluding carboxylic acids is 1. The van der Waals surface area contributed by atoms with Crippen molar-refractivity contribution < 1.29 is 8.63 Å². The van der Waals surface area contributed by atoms with Gasteiger partial charge in [-0.25, -0.2) is 0 Å². The summed E-state index contributed by atoms with van der Waals surface area (Å²) < 4.78 is 4.82. The average molecular weight is 199 g/mol. The molecular weight excluding hydrogens is 184 g/mol. The Hall–Kier alpha value is -0.310. The van der Waals surface area contributed by atoms with E-state index in [2.05, 4.69) is 26.4 Å². The Labute approximate surface area is 83.9 Å². The fourth-order valence-corrected chi connectivity index (χ4v) is 3.41. The summed E-state index contributed by atoms with van der Waals surface area (Å²) >= 11 is 4.55. The fourth-order valence-electron chi connectivity index (χ4n) is 3.21. The molecule has 2 aliphatic carbocycles.